The molecule has 2 aromatic carbocycles. The van der Waals surface area contributed by atoms with Gasteiger partial charge in [0.05, 0.1) is 17.8 Å². The molecule has 8 nitrogen and oxygen atoms in total. The topological polar surface area (TPSA) is 113 Å². The number of nitrogens with one attached hydrogen (secondary N) is 1. The second-order valence-electron chi connectivity index (χ2n) is 7.83. The molecule has 0 spiro atoms. The number of nitrogens with zero attached hydrogens (tertiary/aromatic N) is 1. The molecule has 0 aliphatic carbocycles. The Morgan fingerprint density at radius 3 is 2.24 bits per heavy atom. The van der Waals surface area contributed by atoms with E-state index in [0.29, 0.717) is 29.7 Å². The zero-order valence-electron chi connectivity index (χ0n) is 19.0. The Kier molecular flexibility index (Phi) is 10.6. The van der Waals surface area contributed by atoms with E-state index in [0.717, 1.165) is 36.9 Å². The third kappa shape index (κ3) is 9.49. The van der Waals surface area contributed by atoms with Crippen LogP contribution in [0.2, 0.25) is 0 Å². The Bertz CT molecular complexity index is 1080. The lowest BCUT2D eigenvalue weighted by molar-refractivity contribution is 0.0839. The molecule has 1 aliphatic rings. The number of carbonyl (C=O) groups excluding carboxylic acids is 2. The van der Waals surface area contributed by atoms with E-state index in [1.54, 1.807) is 37.4 Å². The van der Waals surface area contributed by atoms with Crippen molar-refractivity contribution in [2.24, 2.45) is 5.92 Å². The Morgan fingerprint density at radius 1 is 1.15 bits per heavy atom. The first-order chi connectivity index (χ1) is 16.0. The van der Waals surface area contributed by atoms with Gasteiger partial charge in [0.1, 0.15) is 11.6 Å². The standard InChI is InChI=1S/C22H24BrFN2O3.CH4O3S/c1-29-20-7-4-17(14-19(20)23)22(28)25-10-13-26-11-8-16(9-12-26)21(27)15-2-5-18(24)6-3-15;1-5(2,3)4/h2-7,14,16H,8-13H2,1H3,(H,25,28);1H3,(H,2,3,4). The van der Waals surface area contributed by atoms with Gasteiger partial charge in [-0.1, -0.05) is 0 Å². The maximum atomic E-state index is 13.0. The molecule has 0 radical (unpaired) electrons. The summed E-state index contributed by atoms with van der Waals surface area (Å²) in [7, 11) is -2.09. The molecular weight excluding hydrogens is 531 g/mol. The predicted octanol–water partition coefficient (Wildman–Crippen LogP) is 3.43. The summed E-state index contributed by atoms with van der Waals surface area (Å²) in [5, 5.41) is 2.93. The molecular formula is C23H28BrFN2O6S. The van der Waals surface area contributed by atoms with Gasteiger partial charge >= 0.3 is 0 Å². The van der Waals surface area contributed by atoms with Crippen LogP contribution < -0.4 is 10.1 Å². The van der Waals surface area contributed by atoms with E-state index in [9.17, 15) is 22.4 Å². The van der Waals surface area contributed by atoms with Crippen LogP contribution in [0.4, 0.5) is 4.39 Å². The van der Waals surface area contributed by atoms with Gasteiger partial charge in [-0.25, -0.2) is 4.39 Å². The maximum Gasteiger partial charge on any atom is 0.261 e. The average molecular weight is 559 g/mol. The summed E-state index contributed by atoms with van der Waals surface area (Å²) in [5.74, 6) is 0.278. The molecule has 186 valence electrons. The molecule has 0 atom stereocenters. The summed E-state index contributed by atoms with van der Waals surface area (Å²) < 4.78 is 44.8. The second kappa shape index (κ2) is 12.9. The van der Waals surface area contributed by atoms with Crippen LogP contribution in [0.3, 0.4) is 0 Å². The van der Waals surface area contributed by atoms with Crippen molar-refractivity contribution in [1.29, 1.82) is 0 Å². The summed E-state index contributed by atoms with van der Waals surface area (Å²) in [4.78, 5) is 27.1. The lowest BCUT2D eigenvalue weighted by Crippen LogP contribution is -2.41. The third-order valence-corrected chi connectivity index (χ3v) is 5.83. The fourth-order valence-corrected chi connectivity index (χ4v) is 4.05. The van der Waals surface area contributed by atoms with Crippen molar-refractivity contribution >= 4 is 37.7 Å². The van der Waals surface area contributed by atoms with E-state index in [1.807, 2.05) is 0 Å². The number of ether oxygens (including phenoxy) is 1. The van der Waals surface area contributed by atoms with Gasteiger partial charge in [-0.05, 0) is 84.3 Å². The lowest BCUT2D eigenvalue weighted by Gasteiger charge is -2.31. The number of methoxy groups -OCH3 is 1. The lowest BCUT2D eigenvalue weighted by atomic mass is 9.89. The Morgan fingerprint density at radius 2 is 1.71 bits per heavy atom. The zero-order chi connectivity index (χ0) is 25.3. The van der Waals surface area contributed by atoms with E-state index in [2.05, 4.69) is 26.1 Å². The van der Waals surface area contributed by atoms with Crippen LogP contribution >= 0.6 is 15.9 Å². The van der Waals surface area contributed by atoms with Gasteiger partial charge in [-0.15, -0.1) is 0 Å². The van der Waals surface area contributed by atoms with Crippen LogP contribution in [-0.4, -0.2) is 69.1 Å². The SMILES string of the molecule is COc1ccc(C(=O)NCCN2CCC(C(=O)c3ccc(F)cc3)CC2)cc1Br.CS(=O)(=O)O. The van der Waals surface area contributed by atoms with Crippen molar-refractivity contribution in [2.45, 2.75) is 12.8 Å². The molecule has 0 unspecified atom stereocenters. The molecule has 34 heavy (non-hydrogen) atoms. The molecule has 0 saturated carbocycles. The van der Waals surface area contributed by atoms with Gasteiger partial charge in [0, 0.05) is 30.1 Å². The van der Waals surface area contributed by atoms with E-state index in [-0.39, 0.29) is 23.4 Å². The summed E-state index contributed by atoms with van der Waals surface area (Å²) >= 11 is 3.38. The Balaban J connectivity index is 0.000000739. The molecule has 1 saturated heterocycles. The molecule has 3 rings (SSSR count). The van der Waals surface area contributed by atoms with Crippen molar-refractivity contribution in [3.05, 3.63) is 63.9 Å². The predicted molar refractivity (Wildman–Crippen MR) is 130 cm³/mol. The van der Waals surface area contributed by atoms with Crippen molar-refractivity contribution in [1.82, 2.24) is 10.2 Å². The van der Waals surface area contributed by atoms with Gasteiger partial charge in [0.15, 0.2) is 5.78 Å². The second-order valence-corrected chi connectivity index (χ2v) is 10.1. The average Bonchev–Trinajstić information content (AvgIpc) is 2.78. The highest BCUT2D eigenvalue weighted by molar-refractivity contribution is 9.10. The molecule has 2 N–H and O–H groups in total. The summed E-state index contributed by atoms with van der Waals surface area (Å²) in [6.45, 7) is 2.89. The van der Waals surface area contributed by atoms with Crippen LogP contribution in [0.25, 0.3) is 0 Å². The first-order valence-corrected chi connectivity index (χ1v) is 13.2. The minimum Gasteiger partial charge on any atom is -0.496 e. The van der Waals surface area contributed by atoms with E-state index >= 15 is 0 Å². The molecule has 0 bridgehead atoms. The number of likely N-dealkylation sites (tertiary alicyclic amines) is 1. The van der Waals surface area contributed by atoms with Gasteiger partial charge in [-0.2, -0.15) is 8.42 Å². The number of hydrogen-bond acceptors (Lipinski definition) is 6. The van der Waals surface area contributed by atoms with Crippen LogP contribution in [-0.2, 0) is 10.1 Å². The largest absolute Gasteiger partial charge is 0.496 e. The van der Waals surface area contributed by atoms with Gasteiger partial charge < -0.3 is 15.0 Å². The van der Waals surface area contributed by atoms with Crippen molar-refractivity contribution in [3.8, 4) is 5.75 Å². The fourth-order valence-electron chi connectivity index (χ4n) is 3.51. The fraction of sp³-hybridized carbons (Fsp3) is 0.391. The molecule has 2 aromatic rings. The quantitative estimate of drug-likeness (QED) is 0.395. The highest BCUT2D eigenvalue weighted by Gasteiger charge is 2.25. The molecule has 1 aliphatic heterocycles. The Labute approximate surface area is 207 Å². The van der Waals surface area contributed by atoms with Crippen molar-refractivity contribution < 1.29 is 31.7 Å². The molecule has 1 heterocycles. The zero-order valence-corrected chi connectivity index (χ0v) is 21.4. The number of amides is 1. The number of hydrogen-bond donors (Lipinski definition) is 2. The van der Waals surface area contributed by atoms with Crippen LogP contribution in [0, 0.1) is 11.7 Å². The highest BCUT2D eigenvalue weighted by Crippen LogP contribution is 2.25. The maximum absolute atomic E-state index is 13.0. The van der Waals surface area contributed by atoms with Gasteiger partial charge in [0.2, 0.25) is 0 Å². The van der Waals surface area contributed by atoms with Crippen molar-refractivity contribution in [3.63, 3.8) is 0 Å². The summed E-state index contributed by atoms with van der Waals surface area (Å²) in [6, 6.07) is 11.0. The highest BCUT2D eigenvalue weighted by atomic mass is 79.9. The normalized spacial score (nSPS) is 14.6. The van der Waals surface area contributed by atoms with Crippen LogP contribution in [0.1, 0.15) is 33.6 Å². The molecule has 0 aromatic heterocycles. The summed E-state index contributed by atoms with van der Waals surface area (Å²) in [6.07, 6.45) is 2.26. The van der Waals surface area contributed by atoms with E-state index in [1.165, 1.54) is 12.1 Å². The molecule has 1 fully saturated rings. The number of carbonyl (C=O) groups is 2. The summed E-state index contributed by atoms with van der Waals surface area (Å²) in [5.41, 5.74) is 1.14. The van der Waals surface area contributed by atoms with Crippen molar-refractivity contribution in [2.75, 3.05) is 39.5 Å². The Hall–Kier alpha value is -2.34. The number of Topliss-reactive ketones (excluding diaryl/α,β-unsaturated/α-hetero) is 1. The van der Waals surface area contributed by atoms with Crippen LogP contribution in [0.5, 0.6) is 5.75 Å². The van der Waals surface area contributed by atoms with E-state index in [4.69, 9.17) is 9.29 Å². The minimum absolute atomic E-state index is 0.0250. The number of rotatable bonds is 7. The number of piperidine rings is 1. The van der Waals surface area contributed by atoms with Gasteiger partial charge in [-0.3, -0.25) is 14.1 Å². The first kappa shape index (κ1) is 27.9. The number of ketones is 1. The monoisotopic (exact) mass is 558 g/mol. The van der Waals surface area contributed by atoms with Gasteiger partial charge in [0.25, 0.3) is 16.0 Å². The molecule has 1 amide bonds. The number of halogens is 2. The molecule has 11 heteroatoms. The third-order valence-electron chi connectivity index (χ3n) is 5.21. The minimum atomic E-state index is -3.67. The number of benzene rings is 2. The van der Waals surface area contributed by atoms with Crippen LogP contribution in [0.15, 0.2) is 46.9 Å². The smallest absolute Gasteiger partial charge is 0.261 e. The first-order valence-electron chi connectivity index (χ1n) is 10.5. The van der Waals surface area contributed by atoms with E-state index < -0.39 is 10.1 Å².